The Bertz CT molecular complexity index is 325. The second kappa shape index (κ2) is 4.53. The Morgan fingerprint density at radius 1 is 1.29 bits per heavy atom. The van der Waals surface area contributed by atoms with Crippen molar-refractivity contribution in [2.24, 2.45) is 0 Å². The average Bonchev–Trinajstić information content (AvgIpc) is 2.01. The van der Waals surface area contributed by atoms with Gasteiger partial charge < -0.3 is 4.74 Å². The Balaban J connectivity index is 2.87. The van der Waals surface area contributed by atoms with E-state index in [1.54, 1.807) is 6.07 Å². The molecule has 0 aliphatic rings. The van der Waals surface area contributed by atoms with Gasteiger partial charge in [-0.1, -0.05) is 37.9 Å². The van der Waals surface area contributed by atoms with Crippen molar-refractivity contribution < 1.29 is 17.9 Å². The summed E-state index contributed by atoms with van der Waals surface area (Å²) in [4.78, 5) is 0. The fourth-order valence-electron chi connectivity index (χ4n) is 0.834. The van der Waals surface area contributed by atoms with Crippen molar-refractivity contribution in [1.82, 2.24) is 0 Å². The van der Waals surface area contributed by atoms with Gasteiger partial charge in [-0.05, 0) is 17.7 Å². The summed E-state index contributed by atoms with van der Waals surface area (Å²) in [6.45, 7) is 0. The van der Waals surface area contributed by atoms with E-state index in [0.717, 1.165) is 5.56 Å². The number of ether oxygens (including phenoxy) is 1. The standard InChI is InChI=1S/C8H5Br2F3O/c9-4-5-1-2-6(3-7(5)10)14-8(11,12)13/h1-3H,4H2. The highest BCUT2D eigenvalue weighted by molar-refractivity contribution is 9.10. The number of benzene rings is 1. The predicted molar refractivity (Wildman–Crippen MR) is 53.5 cm³/mol. The van der Waals surface area contributed by atoms with E-state index >= 15 is 0 Å². The Kier molecular flexibility index (Phi) is 3.83. The molecular weight excluding hydrogens is 329 g/mol. The van der Waals surface area contributed by atoms with E-state index in [4.69, 9.17) is 0 Å². The summed E-state index contributed by atoms with van der Waals surface area (Å²) < 4.78 is 39.7. The Morgan fingerprint density at radius 3 is 2.36 bits per heavy atom. The van der Waals surface area contributed by atoms with Crippen molar-refractivity contribution in [2.45, 2.75) is 11.7 Å². The van der Waals surface area contributed by atoms with Gasteiger partial charge in [-0.2, -0.15) is 0 Å². The van der Waals surface area contributed by atoms with Gasteiger partial charge in [0.1, 0.15) is 5.75 Å². The number of hydrogen-bond acceptors (Lipinski definition) is 1. The van der Waals surface area contributed by atoms with Gasteiger partial charge in [-0.25, -0.2) is 0 Å². The van der Waals surface area contributed by atoms with E-state index in [-0.39, 0.29) is 5.75 Å². The predicted octanol–water partition coefficient (Wildman–Crippen LogP) is 4.24. The molecule has 6 heteroatoms. The van der Waals surface area contributed by atoms with Gasteiger partial charge in [0.25, 0.3) is 0 Å². The zero-order valence-electron chi connectivity index (χ0n) is 6.74. The first-order valence-electron chi connectivity index (χ1n) is 3.52. The minimum absolute atomic E-state index is 0.228. The largest absolute Gasteiger partial charge is 0.573 e. The van der Waals surface area contributed by atoms with Crippen LogP contribution >= 0.6 is 31.9 Å². The fraction of sp³-hybridized carbons (Fsp3) is 0.250. The fourth-order valence-corrected chi connectivity index (χ4v) is 2.20. The highest BCUT2D eigenvalue weighted by Crippen LogP contribution is 2.28. The van der Waals surface area contributed by atoms with Gasteiger partial charge in [0.2, 0.25) is 0 Å². The molecule has 0 spiro atoms. The van der Waals surface area contributed by atoms with Crippen LogP contribution in [0.2, 0.25) is 0 Å². The van der Waals surface area contributed by atoms with Crippen molar-refractivity contribution in [1.29, 1.82) is 0 Å². The summed E-state index contributed by atoms with van der Waals surface area (Å²) in [6, 6.07) is 4.11. The minimum atomic E-state index is -4.64. The van der Waals surface area contributed by atoms with Crippen molar-refractivity contribution >= 4 is 31.9 Å². The van der Waals surface area contributed by atoms with Crippen LogP contribution in [0.4, 0.5) is 13.2 Å². The third-order valence-electron chi connectivity index (χ3n) is 1.40. The molecular formula is C8H5Br2F3O. The summed E-state index contributed by atoms with van der Waals surface area (Å²) >= 11 is 6.34. The number of hydrogen-bond donors (Lipinski definition) is 0. The molecule has 78 valence electrons. The van der Waals surface area contributed by atoms with Crippen molar-refractivity contribution in [3.8, 4) is 5.75 Å². The number of halogens is 5. The van der Waals surface area contributed by atoms with E-state index in [1.165, 1.54) is 12.1 Å². The average molecular weight is 334 g/mol. The SMILES string of the molecule is FC(F)(F)Oc1ccc(CBr)c(Br)c1. The topological polar surface area (TPSA) is 9.23 Å². The first-order valence-corrected chi connectivity index (χ1v) is 5.44. The van der Waals surface area contributed by atoms with Gasteiger partial charge in [0.05, 0.1) is 0 Å². The molecule has 0 N–H and O–H groups in total. The van der Waals surface area contributed by atoms with Crippen LogP contribution in [0.25, 0.3) is 0 Å². The molecule has 14 heavy (non-hydrogen) atoms. The zero-order valence-corrected chi connectivity index (χ0v) is 9.91. The Hall–Kier alpha value is -0.230. The summed E-state index contributed by atoms with van der Waals surface area (Å²) in [5, 5.41) is 0.569. The Labute approximate surface area is 95.5 Å². The van der Waals surface area contributed by atoms with Gasteiger partial charge >= 0.3 is 6.36 Å². The van der Waals surface area contributed by atoms with Crippen LogP contribution in [0.5, 0.6) is 5.75 Å². The maximum Gasteiger partial charge on any atom is 0.573 e. The molecule has 0 amide bonds. The highest BCUT2D eigenvalue weighted by atomic mass is 79.9. The molecule has 0 saturated carbocycles. The summed E-state index contributed by atoms with van der Waals surface area (Å²) in [5.74, 6) is -0.228. The lowest BCUT2D eigenvalue weighted by Crippen LogP contribution is -2.17. The second-order valence-electron chi connectivity index (χ2n) is 2.43. The van der Waals surface area contributed by atoms with Crippen LogP contribution in [-0.2, 0) is 5.33 Å². The molecule has 0 atom stereocenters. The van der Waals surface area contributed by atoms with Crippen molar-refractivity contribution in [3.05, 3.63) is 28.2 Å². The smallest absolute Gasteiger partial charge is 0.406 e. The third kappa shape index (κ3) is 3.49. The van der Waals surface area contributed by atoms with E-state index < -0.39 is 6.36 Å². The van der Waals surface area contributed by atoms with E-state index in [2.05, 4.69) is 36.6 Å². The molecule has 1 nitrogen and oxygen atoms in total. The maximum absolute atomic E-state index is 11.8. The lowest BCUT2D eigenvalue weighted by Gasteiger charge is -2.09. The van der Waals surface area contributed by atoms with Gasteiger partial charge in [-0.15, -0.1) is 13.2 Å². The maximum atomic E-state index is 11.8. The third-order valence-corrected chi connectivity index (χ3v) is 2.74. The molecule has 0 aliphatic carbocycles. The van der Waals surface area contributed by atoms with Gasteiger partial charge in [-0.3, -0.25) is 0 Å². The van der Waals surface area contributed by atoms with E-state index in [1.807, 2.05) is 0 Å². The van der Waals surface area contributed by atoms with Crippen LogP contribution in [0.15, 0.2) is 22.7 Å². The molecule has 0 fully saturated rings. The monoisotopic (exact) mass is 332 g/mol. The van der Waals surface area contributed by atoms with Crippen LogP contribution in [0.3, 0.4) is 0 Å². The quantitative estimate of drug-likeness (QED) is 0.735. The molecule has 0 aromatic heterocycles. The first kappa shape index (κ1) is 11.8. The van der Waals surface area contributed by atoms with E-state index in [9.17, 15) is 13.2 Å². The van der Waals surface area contributed by atoms with Crippen LogP contribution < -0.4 is 4.74 Å². The molecule has 0 unspecified atom stereocenters. The molecule has 0 bridgehead atoms. The van der Waals surface area contributed by atoms with Gasteiger partial charge in [0.15, 0.2) is 0 Å². The molecule has 1 aromatic carbocycles. The van der Waals surface area contributed by atoms with Crippen LogP contribution in [0.1, 0.15) is 5.56 Å². The second-order valence-corrected chi connectivity index (χ2v) is 3.85. The first-order chi connectivity index (χ1) is 6.42. The van der Waals surface area contributed by atoms with Crippen molar-refractivity contribution in [3.63, 3.8) is 0 Å². The number of rotatable bonds is 2. The Morgan fingerprint density at radius 2 is 1.93 bits per heavy atom. The molecule has 0 heterocycles. The zero-order chi connectivity index (χ0) is 10.8. The molecule has 1 aromatic rings. The summed E-state index contributed by atoms with van der Waals surface area (Å²) in [5.41, 5.74) is 0.861. The highest BCUT2D eigenvalue weighted by Gasteiger charge is 2.31. The van der Waals surface area contributed by atoms with Gasteiger partial charge in [0, 0.05) is 9.80 Å². The van der Waals surface area contributed by atoms with E-state index in [0.29, 0.717) is 9.80 Å². The lowest BCUT2D eigenvalue weighted by molar-refractivity contribution is -0.274. The molecule has 0 aliphatic heterocycles. The minimum Gasteiger partial charge on any atom is -0.406 e. The van der Waals surface area contributed by atoms with Crippen LogP contribution in [0, 0.1) is 0 Å². The lowest BCUT2D eigenvalue weighted by atomic mass is 10.2. The van der Waals surface area contributed by atoms with Crippen LogP contribution in [-0.4, -0.2) is 6.36 Å². The molecule has 0 saturated heterocycles. The summed E-state index contributed by atoms with van der Waals surface area (Å²) in [6.07, 6.45) is -4.64. The van der Waals surface area contributed by atoms with Crippen molar-refractivity contribution in [2.75, 3.05) is 0 Å². The summed E-state index contributed by atoms with van der Waals surface area (Å²) in [7, 11) is 0. The normalized spacial score (nSPS) is 11.5. The molecule has 0 radical (unpaired) electrons. The number of alkyl halides is 4. The molecule has 1 rings (SSSR count).